The van der Waals surface area contributed by atoms with Gasteiger partial charge < -0.3 is 4.42 Å². The van der Waals surface area contributed by atoms with Crippen molar-refractivity contribution in [3.05, 3.63) is 65.0 Å². The topological polar surface area (TPSA) is 76.3 Å². The highest BCUT2D eigenvalue weighted by Gasteiger charge is 2.33. The summed E-state index contributed by atoms with van der Waals surface area (Å²) in [4.78, 5) is -0.0675. The molecule has 1 unspecified atom stereocenters. The van der Waals surface area contributed by atoms with Gasteiger partial charge in [-0.05, 0) is 55.3 Å². The average molecular weight is 440 g/mol. The minimum Gasteiger partial charge on any atom is -0.420 e. The Morgan fingerprint density at radius 2 is 1.86 bits per heavy atom. The number of halogens is 3. The van der Waals surface area contributed by atoms with Gasteiger partial charge in [0.1, 0.15) is 11.6 Å². The minimum atomic E-state index is -3.84. The molecule has 2 aromatic carbocycles. The van der Waals surface area contributed by atoms with E-state index in [1.807, 2.05) is 0 Å². The summed E-state index contributed by atoms with van der Waals surface area (Å²) in [6.45, 7) is 0.481. The Kier molecular flexibility index (Phi) is 5.37. The quantitative estimate of drug-likeness (QED) is 0.607. The molecule has 29 heavy (non-hydrogen) atoms. The highest BCUT2D eigenvalue weighted by atomic mass is 35.5. The van der Waals surface area contributed by atoms with Crippen LogP contribution in [0.3, 0.4) is 0 Å². The molecule has 6 nitrogen and oxygen atoms in total. The summed E-state index contributed by atoms with van der Waals surface area (Å²) < 4.78 is 59.4. The monoisotopic (exact) mass is 439 g/mol. The third-order valence-corrected chi connectivity index (χ3v) is 6.94. The molecular formula is C19H16ClF2N3O3S. The second-order valence-corrected chi connectivity index (χ2v) is 9.08. The summed E-state index contributed by atoms with van der Waals surface area (Å²) >= 11 is 5.74. The van der Waals surface area contributed by atoms with Crippen molar-refractivity contribution >= 4 is 21.6 Å². The lowest BCUT2D eigenvalue weighted by molar-refractivity contribution is 0.286. The number of aromatic nitrogens is 2. The lowest BCUT2D eigenvalue weighted by Crippen LogP contribution is -2.39. The van der Waals surface area contributed by atoms with Gasteiger partial charge in [-0.3, -0.25) is 0 Å². The molecule has 10 heteroatoms. The zero-order valence-corrected chi connectivity index (χ0v) is 16.6. The minimum absolute atomic E-state index is 0.0675. The number of hydrogen-bond acceptors (Lipinski definition) is 5. The van der Waals surface area contributed by atoms with Crippen molar-refractivity contribution in [3.63, 3.8) is 0 Å². The molecule has 1 aliphatic heterocycles. The van der Waals surface area contributed by atoms with Crippen LogP contribution in [0.25, 0.3) is 11.5 Å². The predicted molar refractivity (Wildman–Crippen MR) is 102 cm³/mol. The van der Waals surface area contributed by atoms with Crippen LogP contribution in [0.4, 0.5) is 8.78 Å². The van der Waals surface area contributed by atoms with Gasteiger partial charge in [-0.2, -0.15) is 4.31 Å². The van der Waals surface area contributed by atoms with Crippen molar-refractivity contribution in [3.8, 4) is 11.5 Å². The molecule has 0 saturated carbocycles. The van der Waals surface area contributed by atoms with Crippen molar-refractivity contribution in [2.24, 2.45) is 0 Å². The molecule has 0 bridgehead atoms. The molecule has 0 radical (unpaired) electrons. The average Bonchev–Trinajstić information content (AvgIpc) is 3.21. The Hall–Kier alpha value is -2.36. The third-order valence-electron chi connectivity index (χ3n) is 4.79. The summed E-state index contributed by atoms with van der Waals surface area (Å²) in [6.07, 6.45) is 1.29. The SMILES string of the molecule is O=S(=O)(c1ccc(F)c(Cl)c1)N1CCCC(c2nnc(-c3ccc(F)cc3)o2)C1. The van der Waals surface area contributed by atoms with E-state index in [0.717, 1.165) is 12.1 Å². The molecule has 1 saturated heterocycles. The van der Waals surface area contributed by atoms with Crippen LogP contribution in [0.15, 0.2) is 51.8 Å². The maximum absolute atomic E-state index is 13.4. The molecule has 0 N–H and O–H groups in total. The summed E-state index contributed by atoms with van der Waals surface area (Å²) in [6, 6.07) is 8.98. The fraction of sp³-hybridized carbons (Fsp3) is 0.263. The number of nitrogens with zero attached hydrogens (tertiary/aromatic N) is 3. The maximum Gasteiger partial charge on any atom is 0.247 e. The van der Waals surface area contributed by atoms with Gasteiger partial charge in [0.2, 0.25) is 21.8 Å². The lowest BCUT2D eigenvalue weighted by atomic mass is 10.00. The summed E-state index contributed by atoms with van der Waals surface area (Å²) in [5, 5.41) is 7.79. The van der Waals surface area contributed by atoms with Gasteiger partial charge in [0.15, 0.2) is 0 Å². The molecule has 1 atom stereocenters. The van der Waals surface area contributed by atoms with E-state index in [2.05, 4.69) is 10.2 Å². The molecule has 3 aromatic rings. The zero-order valence-electron chi connectivity index (χ0n) is 15.1. The van der Waals surface area contributed by atoms with Gasteiger partial charge in [-0.15, -0.1) is 10.2 Å². The number of rotatable bonds is 4. The maximum atomic E-state index is 13.4. The Bertz CT molecular complexity index is 1140. The van der Waals surface area contributed by atoms with Gasteiger partial charge in [-0.1, -0.05) is 11.6 Å². The van der Waals surface area contributed by atoms with Crippen molar-refractivity contribution in [2.45, 2.75) is 23.7 Å². The first-order chi connectivity index (χ1) is 13.8. The number of hydrogen-bond donors (Lipinski definition) is 0. The molecule has 1 aromatic heterocycles. The number of benzene rings is 2. The van der Waals surface area contributed by atoms with Gasteiger partial charge in [0.25, 0.3) is 0 Å². The zero-order chi connectivity index (χ0) is 20.6. The third kappa shape index (κ3) is 4.03. The molecule has 2 heterocycles. The van der Waals surface area contributed by atoms with Crippen LogP contribution in [-0.4, -0.2) is 36.0 Å². The first-order valence-electron chi connectivity index (χ1n) is 8.89. The molecule has 4 rings (SSSR count). The molecule has 0 aliphatic carbocycles. The molecule has 1 aliphatic rings. The van der Waals surface area contributed by atoms with Gasteiger partial charge in [-0.25, -0.2) is 17.2 Å². The highest BCUT2D eigenvalue weighted by molar-refractivity contribution is 7.89. The van der Waals surface area contributed by atoms with Crippen molar-refractivity contribution in [2.75, 3.05) is 13.1 Å². The van der Waals surface area contributed by atoms with Crippen molar-refractivity contribution < 1.29 is 21.6 Å². The van der Waals surface area contributed by atoms with Crippen LogP contribution >= 0.6 is 11.6 Å². The molecular weight excluding hydrogens is 424 g/mol. The van der Waals surface area contributed by atoms with Gasteiger partial charge in [0, 0.05) is 18.7 Å². The van der Waals surface area contributed by atoms with E-state index in [0.29, 0.717) is 30.8 Å². The summed E-state index contributed by atoms with van der Waals surface area (Å²) in [7, 11) is -3.84. The normalized spacial score (nSPS) is 18.1. The van der Waals surface area contributed by atoms with Crippen LogP contribution in [0.5, 0.6) is 0 Å². The van der Waals surface area contributed by atoms with E-state index >= 15 is 0 Å². The summed E-state index contributed by atoms with van der Waals surface area (Å²) in [5.41, 5.74) is 0.575. The second-order valence-electron chi connectivity index (χ2n) is 6.73. The number of piperidine rings is 1. The Morgan fingerprint density at radius 3 is 2.59 bits per heavy atom. The Balaban J connectivity index is 1.55. The Labute approximate surface area is 171 Å². The van der Waals surface area contributed by atoms with Crippen LogP contribution in [0.1, 0.15) is 24.7 Å². The van der Waals surface area contributed by atoms with Crippen molar-refractivity contribution in [1.82, 2.24) is 14.5 Å². The number of sulfonamides is 1. The standard InChI is InChI=1S/C19H16ClF2N3O3S/c20-16-10-15(7-8-17(16)22)29(26,27)25-9-1-2-13(11-25)19-24-23-18(28-19)12-3-5-14(21)6-4-12/h3-8,10,13H,1-2,9,11H2. The molecule has 0 spiro atoms. The van der Waals surface area contributed by atoms with Crippen molar-refractivity contribution in [1.29, 1.82) is 0 Å². The lowest BCUT2D eigenvalue weighted by Gasteiger charge is -2.30. The fourth-order valence-corrected chi connectivity index (χ4v) is 5.05. The smallest absolute Gasteiger partial charge is 0.247 e. The molecule has 0 amide bonds. The second kappa shape index (κ2) is 7.81. The van der Waals surface area contributed by atoms with Gasteiger partial charge >= 0.3 is 0 Å². The Morgan fingerprint density at radius 1 is 1.10 bits per heavy atom. The first kappa shape index (κ1) is 19.9. The van der Waals surface area contributed by atoms with E-state index in [9.17, 15) is 17.2 Å². The van der Waals surface area contributed by atoms with Gasteiger partial charge in [0.05, 0.1) is 15.8 Å². The van der Waals surface area contributed by atoms with Crippen LogP contribution in [-0.2, 0) is 10.0 Å². The molecule has 1 fully saturated rings. The van der Waals surface area contributed by atoms with E-state index < -0.39 is 15.8 Å². The largest absolute Gasteiger partial charge is 0.420 e. The van der Waals surface area contributed by atoms with E-state index in [1.54, 1.807) is 0 Å². The summed E-state index contributed by atoms with van der Waals surface area (Å²) in [5.74, 6) is -0.772. The predicted octanol–water partition coefficient (Wildman–Crippen LogP) is 4.24. The van der Waals surface area contributed by atoms with E-state index in [-0.39, 0.29) is 34.1 Å². The van der Waals surface area contributed by atoms with Crippen LogP contribution < -0.4 is 0 Å². The van der Waals surface area contributed by atoms with Crippen LogP contribution in [0, 0.1) is 11.6 Å². The molecule has 152 valence electrons. The fourth-order valence-electron chi connectivity index (χ4n) is 3.26. The van der Waals surface area contributed by atoms with E-state index in [4.69, 9.17) is 16.0 Å². The first-order valence-corrected chi connectivity index (χ1v) is 10.7. The van der Waals surface area contributed by atoms with E-state index in [1.165, 1.54) is 34.6 Å². The highest BCUT2D eigenvalue weighted by Crippen LogP contribution is 2.32. The van der Waals surface area contributed by atoms with Crippen LogP contribution in [0.2, 0.25) is 5.02 Å².